The summed E-state index contributed by atoms with van der Waals surface area (Å²) in [5.74, 6) is 0.337. The largest absolute Gasteiger partial charge is 0.484 e. The minimum Gasteiger partial charge on any atom is -0.484 e. The van der Waals surface area contributed by atoms with Gasteiger partial charge in [-0.05, 0) is 37.3 Å². The second-order valence-electron chi connectivity index (χ2n) is 3.99. The van der Waals surface area contributed by atoms with Gasteiger partial charge in [0, 0.05) is 6.54 Å². The Morgan fingerprint density at radius 2 is 2.20 bits per heavy atom. The Morgan fingerprint density at radius 1 is 1.40 bits per heavy atom. The third kappa shape index (κ3) is 3.51. The smallest absolute Gasteiger partial charge is 0.286 e. The molecule has 1 N–H and O–H groups in total. The van der Waals surface area contributed by atoms with Gasteiger partial charge in [0.25, 0.3) is 5.91 Å². The molecule has 1 heterocycles. The second-order valence-corrected chi connectivity index (χ2v) is 4.40. The highest BCUT2D eigenvalue weighted by molar-refractivity contribution is 6.32. The van der Waals surface area contributed by atoms with Gasteiger partial charge in [0.05, 0.1) is 5.02 Å². The highest BCUT2D eigenvalue weighted by Crippen LogP contribution is 2.25. The molecule has 0 aliphatic carbocycles. The molecule has 2 aromatic rings. The van der Waals surface area contributed by atoms with Gasteiger partial charge in [-0.25, -0.2) is 4.39 Å². The molecule has 0 unspecified atom stereocenters. The van der Waals surface area contributed by atoms with Crippen LogP contribution in [-0.2, 0) is 6.61 Å². The molecule has 0 aliphatic heterocycles. The Bertz CT molecular complexity index is 612. The lowest BCUT2D eigenvalue weighted by atomic mass is 10.3. The van der Waals surface area contributed by atoms with E-state index >= 15 is 0 Å². The number of benzene rings is 1. The average molecular weight is 298 g/mol. The van der Waals surface area contributed by atoms with E-state index in [1.807, 2.05) is 6.92 Å². The van der Waals surface area contributed by atoms with Gasteiger partial charge in [-0.15, -0.1) is 0 Å². The molecule has 1 aromatic carbocycles. The van der Waals surface area contributed by atoms with E-state index in [4.69, 9.17) is 20.8 Å². The lowest BCUT2D eigenvalue weighted by Crippen LogP contribution is -2.21. The number of ether oxygens (including phenoxy) is 1. The maximum Gasteiger partial charge on any atom is 0.286 e. The minimum atomic E-state index is -0.432. The minimum absolute atomic E-state index is 0.102. The fourth-order valence-electron chi connectivity index (χ4n) is 1.57. The van der Waals surface area contributed by atoms with Gasteiger partial charge in [-0.3, -0.25) is 4.79 Å². The zero-order chi connectivity index (χ0) is 14.5. The summed E-state index contributed by atoms with van der Waals surface area (Å²) < 4.78 is 23.6. The van der Waals surface area contributed by atoms with E-state index < -0.39 is 5.82 Å². The maximum atomic E-state index is 12.9. The number of amides is 1. The molecule has 2 rings (SSSR count). The van der Waals surface area contributed by atoms with Crippen molar-refractivity contribution in [3.8, 4) is 5.75 Å². The van der Waals surface area contributed by atoms with E-state index in [0.29, 0.717) is 18.1 Å². The second kappa shape index (κ2) is 6.43. The summed E-state index contributed by atoms with van der Waals surface area (Å²) >= 11 is 5.83. The van der Waals surface area contributed by atoms with Crippen molar-refractivity contribution in [3.63, 3.8) is 0 Å². The normalized spacial score (nSPS) is 10.3. The van der Waals surface area contributed by atoms with Crippen LogP contribution >= 0.6 is 11.6 Å². The lowest BCUT2D eigenvalue weighted by molar-refractivity contribution is 0.0924. The summed E-state index contributed by atoms with van der Waals surface area (Å²) in [6.45, 7) is 2.45. The number of rotatable bonds is 5. The first-order valence-electron chi connectivity index (χ1n) is 6.05. The van der Waals surface area contributed by atoms with Crippen LogP contribution in [0.5, 0.6) is 5.75 Å². The Labute approximate surface area is 120 Å². The summed E-state index contributed by atoms with van der Waals surface area (Å²) in [5.41, 5.74) is 0. The van der Waals surface area contributed by atoms with E-state index in [-0.39, 0.29) is 23.3 Å². The molecule has 0 saturated heterocycles. The van der Waals surface area contributed by atoms with Crippen LogP contribution in [-0.4, -0.2) is 12.5 Å². The Morgan fingerprint density at radius 3 is 2.90 bits per heavy atom. The zero-order valence-corrected chi connectivity index (χ0v) is 11.5. The van der Waals surface area contributed by atoms with Gasteiger partial charge in [-0.1, -0.05) is 11.6 Å². The molecule has 0 radical (unpaired) electrons. The molecule has 20 heavy (non-hydrogen) atoms. The molecule has 1 amide bonds. The van der Waals surface area contributed by atoms with E-state index in [9.17, 15) is 9.18 Å². The molecule has 0 spiro atoms. The van der Waals surface area contributed by atoms with Crippen LogP contribution in [0.25, 0.3) is 0 Å². The fraction of sp³-hybridized carbons (Fsp3) is 0.214. The number of halogens is 2. The van der Waals surface area contributed by atoms with E-state index in [0.717, 1.165) is 0 Å². The first kappa shape index (κ1) is 14.4. The molecular formula is C14H13ClFNO3. The summed E-state index contributed by atoms with van der Waals surface area (Å²) in [5, 5.41) is 2.81. The van der Waals surface area contributed by atoms with Crippen LogP contribution in [0.2, 0.25) is 5.02 Å². The van der Waals surface area contributed by atoms with Crippen LogP contribution in [0.1, 0.15) is 23.2 Å². The molecule has 0 aliphatic rings. The van der Waals surface area contributed by atoms with Crippen molar-refractivity contribution in [2.24, 2.45) is 0 Å². The number of hydrogen-bond acceptors (Lipinski definition) is 3. The van der Waals surface area contributed by atoms with Crippen LogP contribution in [0.15, 0.2) is 34.7 Å². The first-order valence-corrected chi connectivity index (χ1v) is 6.42. The maximum absolute atomic E-state index is 12.9. The Balaban J connectivity index is 1.99. The Hall–Kier alpha value is -2.01. The van der Waals surface area contributed by atoms with Crippen LogP contribution < -0.4 is 10.1 Å². The molecule has 0 saturated carbocycles. The van der Waals surface area contributed by atoms with Gasteiger partial charge in [0.2, 0.25) is 0 Å². The molecule has 0 atom stereocenters. The summed E-state index contributed by atoms with van der Waals surface area (Å²) in [4.78, 5) is 11.5. The lowest BCUT2D eigenvalue weighted by Gasteiger charge is -2.06. The van der Waals surface area contributed by atoms with Crippen molar-refractivity contribution < 1.29 is 18.3 Å². The highest BCUT2D eigenvalue weighted by Gasteiger charge is 2.11. The van der Waals surface area contributed by atoms with Gasteiger partial charge >= 0.3 is 0 Å². The van der Waals surface area contributed by atoms with Crippen molar-refractivity contribution in [1.82, 2.24) is 5.32 Å². The number of nitrogens with one attached hydrogen (secondary N) is 1. The topological polar surface area (TPSA) is 51.5 Å². The van der Waals surface area contributed by atoms with Crippen LogP contribution in [0, 0.1) is 5.82 Å². The van der Waals surface area contributed by atoms with Crippen molar-refractivity contribution in [2.75, 3.05) is 6.54 Å². The van der Waals surface area contributed by atoms with Crippen molar-refractivity contribution >= 4 is 17.5 Å². The van der Waals surface area contributed by atoms with Gasteiger partial charge in [0.1, 0.15) is 23.9 Å². The predicted octanol–water partition coefficient (Wildman–Crippen LogP) is 3.40. The number of carbonyl (C=O) groups is 1. The molecule has 6 heteroatoms. The van der Waals surface area contributed by atoms with Crippen molar-refractivity contribution in [1.29, 1.82) is 0 Å². The molecule has 4 nitrogen and oxygen atoms in total. The van der Waals surface area contributed by atoms with Crippen LogP contribution in [0.4, 0.5) is 4.39 Å². The summed E-state index contributed by atoms with van der Waals surface area (Å²) in [6, 6.07) is 7.06. The van der Waals surface area contributed by atoms with E-state index in [1.165, 1.54) is 18.2 Å². The first-order chi connectivity index (χ1) is 9.60. The molecule has 0 fully saturated rings. The monoisotopic (exact) mass is 297 g/mol. The van der Waals surface area contributed by atoms with E-state index in [1.54, 1.807) is 12.1 Å². The highest BCUT2D eigenvalue weighted by atomic mass is 35.5. The Kier molecular flexibility index (Phi) is 4.63. The number of carbonyl (C=O) groups excluding carboxylic acids is 1. The SMILES string of the molecule is CCNC(=O)c1ccc(COc2ccc(F)cc2Cl)o1. The molecule has 1 aromatic heterocycles. The predicted molar refractivity (Wildman–Crippen MR) is 72.5 cm³/mol. The number of furan rings is 1. The zero-order valence-electron chi connectivity index (χ0n) is 10.8. The van der Waals surface area contributed by atoms with Gasteiger partial charge in [-0.2, -0.15) is 0 Å². The molecular weight excluding hydrogens is 285 g/mol. The van der Waals surface area contributed by atoms with E-state index in [2.05, 4.69) is 5.32 Å². The van der Waals surface area contributed by atoms with Crippen molar-refractivity contribution in [2.45, 2.75) is 13.5 Å². The number of hydrogen-bond donors (Lipinski definition) is 1. The van der Waals surface area contributed by atoms with Crippen molar-refractivity contribution in [3.05, 3.63) is 52.7 Å². The fourth-order valence-corrected chi connectivity index (χ4v) is 1.79. The summed E-state index contributed by atoms with van der Waals surface area (Å²) in [7, 11) is 0. The average Bonchev–Trinajstić information content (AvgIpc) is 2.87. The summed E-state index contributed by atoms with van der Waals surface area (Å²) in [6.07, 6.45) is 0. The third-order valence-electron chi connectivity index (χ3n) is 2.49. The molecule has 106 valence electrons. The quantitative estimate of drug-likeness (QED) is 0.920. The molecule has 0 bridgehead atoms. The third-order valence-corrected chi connectivity index (χ3v) is 2.78. The van der Waals surface area contributed by atoms with Gasteiger partial charge in [0.15, 0.2) is 5.76 Å². The standard InChI is InChI=1S/C14H13ClFNO3/c1-2-17-14(18)13-6-4-10(20-13)8-19-12-5-3-9(16)7-11(12)15/h3-7H,2,8H2,1H3,(H,17,18). The van der Waals surface area contributed by atoms with Crippen LogP contribution in [0.3, 0.4) is 0 Å². The van der Waals surface area contributed by atoms with Gasteiger partial charge < -0.3 is 14.5 Å².